The van der Waals surface area contributed by atoms with Crippen LogP contribution in [0.3, 0.4) is 0 Å². The van der Waals surface area contributed by atoms with Gasteiger partial charge in [0.15, 0.2) is 5.82 Å². The second-order valence-electron chi connectivity index (χ2n) is 6.91. The summed E-state index contributed by atoms with van der Waals surface area (Å²) in [6, 6.07) is 11.6. The zero-order valence-corrected chi connectivity index (χ0v) is 16.3. The van der Waals surface area contributed by atoms with E-state index in [9.17, 15) is 9.18 Å². The maximum absolute atomic E-state index is 13.8. The number of fused-ring (bicyclic) bond motifs is 1. The molecule has 0 radical (unpaired) electrons. The number of hydrogen-bond donors (Lipinski definition) is 1. The Morgan fingerprint density at radius 1 is 1.21 bits per heavy atom. The molecule has 0 aliphatic rings. The van der Waals surface area contributed by atoms with Crippen LogP contribution >= 0.6 is 0 Å². The quantitative estimate of drug-likeness (QED) is 0.557. The Hall–Kier alpha value is -3.68. The van der Waals surface area contributed by atoms with Gasteiger partial charge < -0.3 is 10.1 Å². The largest absolute Gasteiger partial charge is 0.490 e. The summed E-state index contributed by atoms with van der Waals surface area (Å²) in [5.41, 5.74) is 1.64. The average Bonchev–Trinajstić information content (AvgIpc) is 3.26. The number of aryl methyl sites for hydroxylation is 1. The van der Waals surface area contributed by atoms with Crippen molar-refractivity contribution in [3.05, 3.63) is 66.2 Å². The number of aromatic nitrogens is 4. The number of anilines is 1. The molecule has 0 atom stereocenters. The number of carbonyl (C=O) groups is 1. The van der Waals surface area contributed by atoms with Gasteiger partial charge in [0.05, 0.1) is 34.5 Å². The number of nitrogens with zero attached hydrogens (tertiary/aromatic N) is 4. The van der Waals surface area contributed by atoms with Gasteiger partial charge in [-0.15, -0.1) is 5.10 Å². The van der Waals surface area contributed by atoms with Gasteiger partial charge in [0, 0.05) is 13.2 Å². The van der Waals surface area contributed by atoms with Crippen molar-refractivity contribution in [1.82, 2.24) is 19.6 Å². The number of halogens is 1. The van der Waals surface area contributed by atoms with Gasteiger partial charge in [-0.3, -0.25) is 9.48 Å². The van der Waals surface area contributed by atoms with E-state index in [-0.39, 0.29) is 17.8 Å². The van der Waals surface area contributed by atoms with E-state index in [4.69, 9.17) is 4.74 Å². The summed E-state index contributed by atoms with van der Waals surface area (Å²) in [7, 11) is 1.74. The lowest BCUT2D eigenvalue weighted by molar-refractivity contribution is 0.102. The second kappa shape index (κ2) is 7.38. The molecule has 4 rings (SSSR count). The van der Waals surface area contributed by atoms with Crippen LogP contribution in [0.1, 0.15) is 24.2 Å². The van der Waals surface area contributed by atoms with Gasteiger partial charge >= 0.3 is 0 Å². The van der Waals surface area contributed by atoms with Crippen molar-refractivity contribution < 1.29 is 13.9 Å². The molecule has 4 aromatic rings. The summed E-state index contributed by atoms with van der Waals surface area (Å²) in [6.45, 7) is 3.84. The predicted octanol–water partition coefficient (Wildman–Crippen LogP) is 3.94. The maximum atomic E-state index is 13.8. The van der Waals surface area contributed by atoms with E-state index >= 15 is 0 Å². The van der Waals surface area contributed by atoms with E-state index < -0.39 is 0 Å². The molecule has 7 nitrogen and oxygen atoms in total. The van der Waals surface area contributed by atoms with Crippen molar-refractivity contribution in [1.29, 1.82) is 0 Å². The molecule has 0 fully saturated rings. The highest BCUT2D eigenvalue weighted by molar-refractivity contribution is 6.09. The van der Waals surface area contributed by atoms with E-state index in [0.29, 0.717) is 33.7 Å². The van der Waals surface area contributed by atoms with Crippen molar-refractivity contribution in [2.75, 3.05) is 5.32 Å². The third kappa shape index (κ3) is 3.69. The van der Waals surface area contributed by atoms with Gasteiger partial charge in [-0.1, -0.05) is 12.1 Å². The Bertz CT molecular complexity index is 1190. The fraction of sp³-hybridized carbons (Fsp3) is 0.190. The van der Waals surface area contributed by atoms with E-state index in [0.717, 1.165) is 0 Å². The van der Waals surface area contributed by atoms with E-state index in [1.807, 2.05) is 32.0 Å². The smallest absolute Gasteiger partial charge is 0.260 e. The highest BCUT2D eigenvalue weighted by Crippen LogP contribution is 2.34. The van der Waals surface area contributed by atoms with Crippen molar-refractivity contribution in [2.45, 2.75) is 20.0 Å². The molecule has 2 aromatic heterocycles. The lowest BCUT2D eigenvalue weighted by Gasteiger charge is -2.11. The number of hydrogen-bond acceptors (Lipinski definition) is 4. The minimum atomic E-state index is -0.373. The van der Waals surface area contributed by atoms with E-state index in [1.54, 1.807) is 34.7 Å². The molecule has 148 valence electrons. The Morgan fingerprint density at radius 2 is 2.00 bits per heavy atom. The summed E-state index contributed by atoms with van der Waals surface area (Å²) in [4.78, 5) is 12.7. The van der Waals surface area contributed by atoms with Crippen LogP contribution in [0.4, 0.5) is 10.2 Å². The maximum Gasteiger partial charge on any atom is 0.260 e. The molecular formula is C21H20FN5O2. The summed E-state index contributed by atoms with van der Waals surface area (Å²) < 4.78 is 22.9. The molecule has 0 saturated heterocycles. The van der Waals surface area contributed by atoms with Crippen LogP contribution < -0.4 is 10.1 Å². The Balaban J connectivity index is 1.86. The zero-order valence-electron chi connectivity index (χ0n) is 16.3. The van der Waals surface area contributed by atoms with Crippen molar-refractivity contribution in [3.63, 3.8) is 0 Å². The fourth-order valence-electron chi connectivity index (χ4n) is 3.10. The third-order valence-electron chi connectivity index (χ3n) is 4.28. The fourth-order valence-corrected chi connectivity index (χ4v) is 3.10. The summed E-state index contributed by atoms with van der Waals surface area (Å²) in [6.07, 6.45) is 3.03. The van der Waals surface area contributed by atoms with Gasteiger partial charge in [0.25, 0.3) is 5.91 Å². The minimum Gasteiger partial charge on any atom is -0.490 e. The molecule has 0 aliphatic carbocycles. The molecule has 0 saturated carbocycles. The van der Waals surface area contributed by atoms with Crippen LogP contribution in [0, 0.1) is 5.82 Å². The first-order valence-corrected chi connectivity index (χ1v) is 9.16. The molecule has 8 heteroatoms. The average molecular weight is 393 g/mol. The molecular weight excluding hydrogens is 373 g/mol. The lowest BCUT2D eigenvalue weighted by atomic mass is 10.2. The normalized spacial score (nSPS) is 11.2. The molecule has 0 unspecified atom stereocenters. The number of rotatable bonds is 5. The summed E-state index contributed by atoms with van der Waals surface area (Å²) >= 11 is 0. The first kappa shape index (κ1) is 18.7. The van der Waals surface area contributed by atoms with Crippen molar-refractivity contribution in [3.8, 4) is 11.4 Å². The Kier molecular flexibility index (Phi) is 4.75. The summed E-state index contributed by atoms with van der Waals surface area (Å²) in [5, 5.41) is 12.1. The van der Waals surface area contributed by atoms with Gasteiger partial charge in [0.1, 0.15) is 11.6 Å². The van der Waals surface area contributed by atoms with Crippen LogP contribution in [0.2, 0.25) is 0 Å². The lowest BCUT2D eigenvalue weighted by Crippen LogP contribution is -2.12. The molecule has 0 spiro atoms. The number of ether oxygens (including phenoxy) is 1. The van der Waals surface area contributed by atoms with E-state index in [2.05, 4.69) is 15.5 Å². The number of carbonyl (C=O) groups excluding carboxylic acids is 1. The van der Waals surface area contributed by atoms with Crippen molar-refractivity contribution in [2.24, 2.45) is 7.05 Å². The first-order chi connectivity index (χ1) is 13.9. The van der Waals surface area contributed by atoms with Gasteiger partial charge in [0.2, 0.25) is 0 Å². The molecule has 29 heavy (non-hydrogen) atoms. The van der Waals surface area contributed by atoms with Crippen LogP contribution in [0.25, 0.3) is 16.6 Å². The number of nitrogens with one attached hydrogen (secondary N) is 1. The molecule has 2 heterocycles. The van der Waals surface area contributed by atoms with Gasteiger partial charge in [-0.05, 0) is 44.2 Å². The molecule has 1 N–H and O–H groups in total. The van der Waals surface area contributed by atoms with Crippen LogP contribution in [0.5, 0.6) is 5.75 Å². The van der Waals surface area contributed by atoms with Gasteiger partial charge in [-0.2, -0.15) is 5.10 Å². The molecule has 0 aliphatic heterocycles. The Labute approximate surface area is 166 Å². The van der Waals surface area contributed by atoms with Gasteiger partial charge in [-0.25, -0.2) is 9.07 Å². The van der Waals surface area contributed by atoms with Crippen LogP contribution in [-0.2, 0) is 7.05 Å². The van der Waals surface area contributed by atoms with Crippen LogP contribution in [-0.4, -0.2) is 31.6 Å². The number of amides is 1. The summed E-state index contributed by atoms with van der Waals surface area (Å²) in [5.74, 6) is 0.195. The molecule has 1 amide bonds. The van der Waals surface area contributed by atoms with Crippen LogP contribution in [0.15, 0.2) is 54.9 Å². The third-order valence-corrected chi connectivity index (χ3v) is 4.28. The molecule has 0 bridgehead atoms. The van der Waals surface area contributed by atoms with E-state index in [1.165, 1.54) is 18.3 Å². The molecule has 2 aromatic carbocycles. The highest BCUT2D eigenvalue weighted by Gasteiger charge is 2.20. The first-order valence-electron chi connectivity index (χ1n) is 9.16. The standard InChI is InChI=1S/C21H20FN5O2/c1-13(2)29-18-9-5-8-17-19(18)20(24-21(28)14-11-23-26(3)12-14)25-27(17)16-7-4-6-15(22)10-16/h4-13H,1-3H3,(H,24,25,28). The highest BCUT2D eigenvalue weighted by atomic mass is 19.1. The minimum absolute atomic E-state index is 0.0694. The predicted molar refractivity (Wildman–Crippen MR) is 108 cm³/mol. The monoisotopic (exact) mass is 393 g/mol. The number of benzene rings is 2. The zero-order chi connectivity index (χ0) is 20.5. The topological polar surface area (TPSA) is 74.0 Å². The second-order valence-corrected chi connectivity index (χ2v) is 6.91. The SMILES string of the molecule is CC(C)Oc1cccc2c1c(NC(=O)c1cnn(C)c1)nn2-c1cccc(F)c1. The Morgan fingerprint density at radius 3 is 2.69 bits per heavy atom. The van der Waals surface area contributed by atoms with Crippen molar-refractivity contribution >= 4 is 22.6 Å².